The lowest BCUT2D eigenvalue weighted by Crippen LogP contribution is -2.29. The number of fused-ring (bicyclic) bond motifs is 1. The number of benzene rings is 2. The van der Waals surface area contributed by atoms with Gasteiger partial charge in [0.05, 0.1) is 24.1 Å². The Kier molecular flexibility index (Phi) is 8.34. The number of carbonyl (C=O) groups excluding carboxylic acids is 1. The number of hydrogen-bond acceptors (Lipinski definition) is 8. The molecule has 34 heavy (non-hydrogen) atoms. The van der Waals surface area contributed by atoms with Crippen LogP contribution in [0.1, 0.15) is 40.7 Å². The summed E-state index contributed by atoms with van der Waals surface area (Å²) in [6.45, 7) is 0.210. The highest BCUT2D eigenvalue weighted by Gasteiger charge is 2.15. The van der Waals surface area contributed by atoms with Crippen molar-refractivity contribution in [2.75, 3.05) is 18.0 Å². The molecular weight excluding hydrogens is 438 g/mol. The highest BCUT2D eigenvalue weighted by molar-refractivity contribution is 5.94. The van der Waals surface area contributed by atoms with Gasteiger partial charge in [-0.05, 0) is 61.1 Å². The molecule has 1 aromatic heterocycles. The summed E-state index contributed by atoms with van der Waals surface area (Å²) in [4.78, 5) is 31.0. The molecule has 2 atom stereocenters. The molecule has 1 amide bonds. The number of aliphatic carboxylic acids is 1. The topological polar surface area (TPSA) is 185 Å². The molecule has 10 nitrogen and oxygen atoms in total. The minimum atomic E-state index is -1.13. The fourth-order valence-corrected chi connectivity index (χ4v) is 3.66. The van der Waals surface area contributed by atoms with Crippen LogP contribution in [-0.2, 0) is 17.6 Å². The zero-order chi connectivity index (χ0) is 24.7. The van der Waals surface area contributed by atoms with Crippen molar-refractivity contribution in [3.8, 4) is 0 Å². The van der Waals surface area contributed by atoms with Gasteiger partial charge in [0, 0.05) is 17.5 Å². The molecule has 0 aliphatic heterocycles. The summed E-state index contributed by atoms with van der Waals surface area (Å²) in [5.74, 6) is -0.899. The van der Waals surface area contributed by atoms with Crippen LogP contribution in [0.4, 0.5) is 11.8 Å². The third-order valence-corrected chi connectivity index (χ3v) is 5.44. The number of aliphatic hydroxyl groups is 2. The van der Waals surface area contributed by atoms with Crippen LogP contribution >= 0.6 is 0 Å². The Hall–Kier alpha value is -3.76. The first kappa shape index (κ1) is 24.9. The quantitative estimate of drug-likeness (QED) is 0.242. The van der Waals surface area contributed by atoms with E-state index in [9.17, 15) is 19.8 Å². The van der Waals surface area contributed by atoms with E-state index in [-0.39, 0.29) is 31.2 Å². The van der Waals surface area contributed by atoms with E-state index < -0.39 is 24.6 Å². The van der Waals surface area contributed by atoms with E-state index in [1.807, 2.05) is 30.3 Å². The number of nitrogens with two attached hydrogens (primary N) is 2. The van der Waals surface area contributed by atoms with Crippen LogP contribution in [0.15, 0.2) is 42.5 Å². The lowest BCUT2D eigenvalue weighted by Gasteiger charge is -2.14. The van der Waals surface area contributed by atoms with Crippen molar-refractivity contribution in [2.45, 2.75) is 44.3 Å². The summed E-state index contributed by atoms with van der Waals surface area (Å²) >= 11 is 0. The lowest BCUT2D eigenvalue weighted by atomic mass is 10.0. The van der Waals surface area contributed by atoms with Gasteiger partial charge in [0.1, 0.15) is 5.82 Å². The Balaban J connectivity index is 1.47. The van der Waals surface area contributed by atoms with Crippen LogP contribution < -0.4 is 16.8 Å². The third kappa shape index (κ3) is 7.12. The maximum atomic E-state index is 12.3. The second-order valence-corrected chi connectivity index (χ2v) is 8.20. The van der Waals surface area contributed by atoms with Crippen LogP contribution in [0.2, 0.25) is 0 Å². The standard InChI is InChI=1S/C24H29N5O5/c25-22-19-11-15(5-8-20(19)28-24(26)29-22)2-1-14-3-6-16(7-4-14)23(34)27-10-9-17(30)12-18(31)13-21(32)33/h3-8,11,17-18,30-31H,1-2,9-10,12-13H2,(H,27,34)(H,32,33)(H4,25,26,28,29)/t17-,18-/m1/s1. The SMILES string of the molecule is Nc1nc(N)c2cc(CCc3ccc(C(=O)NCC[C@@H](O)C[C@@H](O)CC(=O)O)cc3)ccc2n1. The number of carboxylic acids is 1. The lowest BCUT2D eigenvalue weighted by molar-refractivity contribution is -0.139. The van der Waals surface area contributed by atoms with Crippen molar-refractivity contribution in [3.63, 3.8) is 0 Å². The smallest absolute Gasteiger partial charge is 0.305 e. The Morgan fingerprint density at radius 1 is 0.941 bits per heavy atom. The largest absolute Gasteiger partial charge is 0.481 e. The highest BCUT2D eigenvalue weighted by Crippen LogP contribution is 2.21. The Labute approximate surface area is 196 Å². The highest BCUT2D eigenvalue weighted by atomic mass is 16.4. The molecule has 0 spiro atoms. The van der Waals surface area contributed by atoms with E-state index in [4.69, 9.17) is 16.6 Å². The van der Waals surface area contributed by atoms with E-state index in [2.05, 4.69) is 15.3 Å². The third-order valence-electron chi connectivity index (χ3n) is 5.44. The number of aryl methyl sites for hydroxylation is 2. The number of hydrogen-bond donors (Lipinski definition) is 6. The van der Waals surface area contributed by atoms with E-state index >= 15 is 0 Å². The van der Waals surface area contributed by atoms with Crippen LogP contribution in [0.25, 0.3) is 10.9 Å². The van der Waals surface area contributed by atoms with Gasteiger partial charge in [-0.1, -0.05) is 18.2 Å². The second-order valence-electron chi connectivity index (χ2n) is 8.20. The molecule has 0 bridgehead atoms. The van der Waals surface area contributed by atoms with Gasteiger partial charge >= 0.3 is 5.97 Å². The predicted octanol–water partition coefficient (Wildman–Crippen LogP) is 1.29. The summed E-state index contributed by atoms with van der Waals surface area (Å²) in [6.07, 6.45) is -0.726. The zero-order valence-electron chi connectivity index (χ0n) is 18.6. The minimum Gasteiger partial charge on any atom is -0.481 e. The number of carbonyl (C=O) groups is 2. The van der Waals surface area contributed by atoms with Gasteiger partial charge in [0.15, 0.2) is 0 Å². The van der Waals surface area contributed by atoms with Gasteiger partial charge in [0.2, 0.25) is 5.95 Å². The first-order valence-corrected chi connectivity index (χ1v) is 11.0. The molecule has 0 fully saturated rings. The van der Waals surface area contributed by atoms with Gasteiger partial charge in [-0.2, -0.15) is 4.98 Å². The maximum absolute atomic E-state index is 12.3. The van der Waals surface area contributed by atoms with Gasteiger partial charge in [-0.15, -0.1) is 0 Å². The van der Waals surface area contributed by atoms with E-state index in [0.717, 1.165) is 29.4 Å². The Morgan fingerprint density at radius 2 is 1.62 bits per heavy atom. The monoisotopic (exact) mass is 467 g/mol. The van der Waals surface area contributed by atoms with Crippen molar-refractivity contribution >= 4 is 34.5 Å². The average Bonchev–Trinajstić information content (AvgIpc) is 2.77. The van der Waals surface area contributed by atoms with E-state index in [1.54, 1.807) is 12.1 Å². The normalized spacial score (nSPS) is 12.9. The number of aromatic nitrogens is 2. The van der Waals surface area contributed by atoms with Gasteiger partial charge in [-0.25, -0.2) is 4.98 Å². The number of carboxylic acid groups (broad SMARTS) is 1. The average molecular weight is 468 g/mol. The van der Waals surface area contributed by atoms with Crippen molar-refractivity contribution < 1.29 is 24.9 Å². The summed E-state index contributed by atoms with van der Waals surface area (Å²) in [6, 6.07) is 13.1. The maximum Gasteiger partial charge on any atom is 0.305 e. The Morgan fingerprint density at radius 3 is 2.32 bits per heavy atom. The molecule has 0 radical (unpaired) electrons. The van der Waals surface area contributed by atoms with Crippen molar-refractivity contribution in [1.82, 2.24) is 15.3 Å². The number of rotatable bonds is 11. The fraction of sp³-hybridized carbons (Fsp3) is 0.333. The van der Waals surface area contributed by atoms with Crippen molar-refractivity contribution in [1.29, 1.82) is 0 Å². The molecule has 180 valence electrons. The van der Waals surface area contributed by atoms with Crippen LogP contribution in [0, 0.1) is 0 Å². The molecule has 2 aromatic carbocycles. The van der Waals surface area contributed by atoms with E-state index in [1.165, 1.54) is 0 Å². The van der Waals surface area contributed by atoms with Crippen LogP contribution in [0.3, 0.4) is 0 Å². The molecule has 0 unspecified atom stereocenters. The number of amides is 1. The summed E-state index contributed by atoms with van der Waals surface area (Å²) in [5.41, 5.74) is 14.9. The van der Waals surface area contributed by atoms with Crippen molar-refractivity contribution in [3.05, 3.63) is 59.2 Å². The van der Waals surface area contributed by atoms with Gasteiger partial charge in [0.25, 0.3) is 5.91 Å². The molecule has 0 saturated heterocycles. The second kappa shape index (κ2) is 11.4. The molecule has 0 aliphatic rings. The molecule has 0 aliphatic carbocycles. The fourth-order valence-electron chi connectivity index (χ4n) is 3.66. The molecule has 10 heteroatoms. The summed E-state index contributed by atoms with van der Waals surface area (Å²) in [5, 5.41) is 31.5. The Bertz CT molecular complexity index is 1150. The number of nitrogens with one attached hydrogen (secondary N) is 1. The summed E-state index contributed by atoms with van der Waals surface area (Å²) < 4.78 is 0. The molecule has 1 heterocycles. The molecule has 3 rings (SSSR count). The first-order valence-electron chi connectivity index (χ1n) is 11.0. The minimum absolute atomic E-state index is 0.0538. The van der Waals surface area contributed by atoms with Crippen molar-refractivity contribution in [2.24, 2.45) is 0 Å². The van der Waals surface area contributed by atoms with Crippen LogP contribution in [0.5, 0.6) is 0 Å². The molecule has 3 aromatic rings. The van der Waals surface area contributed by atoms with Gasteiger partial charge < -0.3 is 32.1 Å². The number of nitrogens with zero attached hydrogens (tertiary/aromatic N) is 2. The van der Waals surface area contributed by atoms with Crippen LogP contribution in [-0.4, -0.2) is 55.9 Å². The predicted molar refractivity (Wildman–Crippen MR) is 128 cm³/mol. The van der Waals surface area contributed by atoms with Gasteiger partial charge in [-0.3, -0.25) is 9.59 Å². The summed E-state index contributed by atoms with van der Waals surface area (Å²) in [7, 11) is 0. The first-order chi connectivity index (χ1) is 16.2. The number of aliphatic hydroxyl groups excluding tert-OH is 2. The van der Waals surface area contributed by atoms with E-state index in [0.29, 0.717) is 16.9 Å². The molecule has 0 saturated carbocycles. The molecular formula is C24H29N5O5. The number of anilines is 2. The number of nitrogen functional groups attached to an aromatic ring is 2. The zero-order valence-corrected chi connectivity index (χ0v) is 18.6. The molecule has 8 N–H and O–H groups in total.